The molecular formula is C19H27NO. The summed E-state index contributed by atoms with van der Waals surface area (Å²) in [6.07, 6.45) is 14.9. The van der Waals surface area contributed by atoms with Crippen LogP contribution >= 0.6 is 0 Å². The van der Waals surface area contributed by atoms with Crippen LogP contribution in [0, 0.1) is 28.6 Å². The van der Waals surface area contributed by atoms with Crippen molar-refractivity contribution in [1.82, 2.24) is 0 Å². The molecule has 2 nitrogen and oxygen atoms in total. The molecule has 4 aliphatic carbocycles. The summed E-state index contributed by atoms with van der Waals surface area (Å²) in [5.74, 6) is 2.77. The summed E-state index contributed by atoms with van der Waals surface area (Å²) in [5.41, 5.74) is 7.91. The molecule has 21 heavy (non-hydrogen) atoms. The summed E-state index contributed by atoms with van der Waals surface area (Å²) in [6.45, 7) is 4.70. The van der Waals surface area contributed by atoms with Gasteiger partial charge in [-0.15, -0.1) is 0 Å². The normalized spacial score (nSPS) is 51.6. The molecule has 0 unspecified atom stereocenters. The molecule has 0 radical (unpaired) electrons. The van der Waals surface area contributed by atoms with Gasteiger partial charge in [-0.2, -0.15) is 0 Å². The van der Waals surface area contributed by atoms with E-state index in [0.717, 1.165) is 24.7 Å². The van der Waals surface area contributed by atoms with Gasteiger partial charge < -0.3 is 10.8 Å². The lowest BCUT2D eigenvalue weighted by Crippen LogP contribution is -2.49. The van der Waals surface area contributed by atoms with Gasteiger partial charge in [-0.25, -0.2) is 0 Å². The minimum absolute atomic E-state index is 0.0491. The van der Waals surface area contributed by atoms with E-state index in [2.05, 4.69) is 38.2 Å². The third-order valence-electron chi connectivity index (χ3n) is 7.24. The van der Waals surface area contributed by atoms with Gasteiger partial charge in [0.1, 0.15) is 0 Å². The van der Waals surface area contributed by atoms with Crippen molar-refractivity contribution in [2.24, 2.45) is 34.3 Å². The van der Waals surface area contributed by atoms with E-state index in [4.69, 9.17) is 5.73 Å². The zero-order valence-corrected chi connectivity index (χ0v) is 13.2. The fourth-order valence-electron chi connectivity index (χ4n) is 5.90. The van der Waals surface area contributed by atoms with Crippen LogP contribution < -0.4 is 5.73 Å². The molecule has 3 N–H and O–H groups in total. The monoisotopic (exact) mass is 285 g/mol. The number of aliphatic hydroxyl groups is 1. The Morgan fingerprint density at radius 1 is 1.24 bits per heavy atom. The summed E-state index contributed by atoms with van der Waals surface area (Å²) in [6, 6.07) is 0.107. The van der Waals surface area contributed by atoms with Gasteiger partial charge in [0, 0.05) is 16.9 Å². The van der Waals surface area contributed by atoms with Crippen LogP contribution in [0.25, 0.3) is 0 Å². The summed E-state index contributed by atoms with van der Waals surface area (Å²) in [5, 5.41) is 10.3. The Morgan fingerprint density at radius 3 is 2.86 bits per heavy atom. The van der Waals surface area contributed by atoms with Crippen molar-refractivity contribution in [3.63, 3.8) is 0 Å². The van der Waals surface area contributed by atoms with E-state index in [1.54, 1.807) is 5.57 Å². The molecule has 0 heterocycles. The maximum Gasteiger partial charge on any atom is 0.0944 e. The number of aliphatic hydroxyl groups excluding tert-OH is 1. The number of fused-ring (bicyclic) bond motifs is 5. The van der Waals surface area contributed by atoms with Crippen LogP contribution in [0.1, 0.15) is 46.0 Å². The minimum atomic E-state index is 0.0491. The first-order chi connectivity index (χ1) is 9.95. The van der Waals surface area contributed by atoms with Gasteiger partial charge in [0.25, 0.3) is 0 Å². The zero-order chi connectivity index (χ0) is 14.8. The van der Waals surface area contributed by atoms with Crippen molar-refractivity contribution >= 4 is 0 Å². The Labute approximate surface area is 127 Å². The molecular weight excluding hydrogens is 258 g/mol. The van der Waals surface area contributed by atoms with Crippen molar-refractivity contribution in [1.29, 1.82) is 0 Å². The van der Waals surface area contributed by atoms with Crippen molar-refractivity contribution in [2.45, 2.75) is 52.0 Å². The summed E-state index contributed by atoms with van der Waals surface area (Å²) in [4.78, 5) is 0. The van der Waals surface area contributed by atoms with E-state index >= 15 is 0 Å². The summed E-state index contributed by atoms with van der Waals surface area (Å²) >= 11 is 0. The molecule has 2 heteroatoms. The first-order valence-electron chi connectivity index (χ1n) is 8.51. The topological polar surface area (TPSA) is 46.2 Å². The molecule has 0 amide bonds. The Morgan fingerprint density at radius 2 is 2.05 bits per heavy atom. The quantitative estimate of drug-likeness (QED) is 0.658. The first-order valence-corrected chi connectivity index (χ1v) is 8.51. The van der Waals surface area contributed by atoms with Gasteiger partial charge in [0.15, 0.2) is 0 Å². The predicted molar refractivity (Wildman–Crippen MR) is 85.7 cm³/mol. The van der Waals surface area contributed by atoms with Gasteiger partial charge >= 0.3 is 0 Å². The molecule has 114 valence electrons. The molecule has 6 atom stereocenters. The van der Waals surface area contributed by atoms with Crippen molar-refractivity contribution < 1.29 is 5.11 Å². The van der Waals surface area contributed by atoms with Gasteiger partial charge in [0.2, 0.25) is 0 Å². The highest BCUT2D eigenvalue weighted by Crippen LogP contribution is 2.64. The fraction of sp³-hybridized carbons (Fsp3) is 0.684. The van der Waals surface area contributed by atoms with Gasteiger partial charge in [-0.1, -0.05) is 37.6 Å². The van der Waals surface area contributed by atoms with Crippen LogP contribution in [0.15, 0.2) is 35.6 Å². The maximum atomic E-state index is 10.3. The molecule has 0 saturated heterocycles. The highest BCUT2D eigenvalue weighted by Gasteiger charge is 2.56. The molecule has 0 aliphatic heterocycles. The smallest absolute Gasteiger partial charge is 0.0944 e. The SMILES string of the molecule is C[C@]12C=C[C@H](N)C=C1CC[C@@H]1[C@@H]2CC[C@]2(C)C(O)=CC[C@@H]12. The summed E-state index contributed by atoms with van der Waals surface area (Å²) in [7, 11) is 0. The maximum absolute atomic E-state index is 10.3. The lowest BCUT2D eigenvalue weighted by molar-refractivity contribution is -0.0203. The molecule has 0 aromatic rings. The molecule has 0 spiro atoms. The predicted octanol–water partition coefficient (Wildman–Crippen LogP) is 4.10. The largest absolute Gasteiger partial charge is 0.512 e. The number of hydrogen-bond donors (Lipinski definition) is 2. The third kappa shape index (κ3) is 1.69. The van der Waals surface area contributed by atoms with Crippen molar-refractivity contribution in [3.05, 3.63) is 35.6 Å². The molecule has 0 aromatic heterocycles. The third-order valence-corrected chi connectivity index (χ3v) is 7.24. The van der Waals surface area contributed by atoms with Crippen molar-refractivity contribution in [2.75, 3.05) is 0 Å². The minimum Gasteiger partial charge on any atom is -0.512 e. The van der Waals surface area contributed by atoms with Crippen LogP contribution in [-0.2, 0) is 0 Å². The fourth-order valence-corrected chi connectivity index (χ4v) is 5.90. The molecule has 4 rings (SSSR count). The van der Waals surface area contributed by atoms with E-state index in [1.807, 2.05) is 0 Å². The highest BCUT2D eigenvalue weighted by molar-refractivity contribution is 5.35. The lowest BCUT2D eigenvalue weighted by Gasteiger charge is -2.56. The Hall–Kier alpha value is -1.02. The number of hydrogen-bond acceptors (Lipinski definition) is 2. The van der Waals surface area contributed by atoms with Crippen LogP contribution in [0.3, 0.4) is 0 Å². The zero-order valence-electron chi connectivity index (χ0n) is 13.2. The molecule has 2 saturated carbocycles. The number of allylic oxidation sites excluding steroid dienone is 4. The van der Waals surface area contributed by atoms with E-state index in [-0.39, 0.29) is 16.9 Å². The van der Waals surface area contributed by atoms with Crippen LogP contribution in [0.5, 0.6) is 0 Å². The van der Waals surface area contributed by atoms with Crippen LogP contribution in [0.4, 0.5) is 0 Å². The molecule has 2 fully saturated rings. The lowest BCUT2D eigenvalue weighted by atomic mass is 9.48. The second-order valence-corrected chi connectivity index (χ2v) is 8.11. The Balaban J connectivity index is 1.70. The van der Waals surface area contributed by atoms with E-state index < -0.39 is 0 Å². The van der Waals surface area contributed by atoms with Gasteiger partial charge in [-0.3, -0.25) is 0 Å². The summed E-state index contributed by atoms with van der Waals surface area (Å²) < 4.78 is 0. The van der Waals surface area contributed by atoms with Crippen molar-refractivity contribution in [3.8, 4) is 0 Å². The van der Waals surface area contributed by atoms with Crippen LogP contribution in [-0.4, -0.2) is 11.1 Å². The van der Waals surface area contributed by atoms with E-state index in [9.17, 15) is 5.11 Å². The highest BCUT2D eigenvalue weighted by atomic mass is 16.3. The second kappa shape index (κ2) is 4.25. The van der Waals surface area contributed by atoms with Gasteiger partial charge in [-0.05, 0) is 55.9 Å². The van der Waals surface area contributed by atoms with Crippen LogP contribution in [0.2, 0.25) is 0 Å². The Kier molecular flexibility index (Phi) is 2.76. The van der Waals surface area contributed by atoms with Gasteiger partial charge in [0.05, 0.1) is 5.76 Å². The Bertz CT molecular complexity index is 560. The standard InChI is InChI=1S/C19H27NO/c1-18-9-7-13(20)11-12(18)3-4-14-15-5-6-17(21)19(15,2)10-8-16(14)18/h6-7,9,11,13-16,21H,3-5,8,10,20H2,1-2H3/t13-,14-,15-,16-,18-,19-/m0/s1. The molecule has 0 bridgehead atoms. The first kappa shape index (κ1) is 13.6. The number of nitrogens with two attached hydrogens (primary N) is 1. The second-order valence-electron chi connectivity index (χ2n) is 8.11. The van der Waals surface area contributed by atoms with E-state index in [0.29, 0.717) is 11.7 Å². The molecule has 4 aliphatic rings. The van der Waals surface area contributed by atoms with E-state index in [1.165, 1.54) is 19.3 Å². The number of rotatable bonds is 0. The average molecular weight is 285 g/mol. The average Bonchev–Trinajstić information content (AvgIpc) is 2.76. The molecule has 0 aromatic carbocycles.